The highest BCUT2D eigenvalue weighted by Gasteiger charge is 2.07. The molecule has 0 spiro atoms. The topological polar surface area (TPSA) is 102 Å². The van der Waals surface area contributed by atoms with Gasteiger partial charge < -0.3 is 10.6 Å². The fourth-order valence-corrected chi connectivity index (χ4v) is 2.47. The van der Waals surface area contributed by atoms with Gasteiger partial charge in [-0.3, -0.25) is 9.59 Å². The van der Waals surface area contributed by atoms with Crippen LogP contribution in [0.4, 0.5) is 5.69 Å². The third kappa shape index (κ3) is 4.50. The summed E-state index contributed by atoms with van der Waals surface area (Å²) >= 11 is 0. The maximum Gasteiger partial charge on any atom is 0.228 e. The number of benzene rings is 2. The van der Waals surface area contributed by atoms with Crippen molar-refractivity contribution in [2.45, 2.75) is 12.8 Å². The number of nitrogens with one attached hydrogen (secondary N) is 2. The van der Waals surface area contributed by atoms with Gasteiger partial charge in [0, 0.05) is 12.7 Å². The molecule has 8 heteroatoms. The lowest BCUT2D eigenvalue weighted by Gasteiger charge is -2.08. The Hall–Kier alpha value is -3.55. The zero-order chi connectivity index (χ0) is 18.4. The standard InChI is InChI=1S/C18H18N6O2/c1-19-17(25)11-14-3-2-4-15(9-14)21-18(26)10-13-5-7-16(8-6-13)24-12-20-22-23-24/h2-9,12H,10-11H2,1H3,(H,19,25)(H,21,26). The van der Waals surface area contributed by atoms with Crippen molar-refractivity contribution < 1.29 is 9.59 Å². The molecule has 1 aromatic heterocycles. The van der Waals surface area contributed by atoms with Crippen LogP contribution in [0.2, 0.25) is 0 Å². The summed E-state index contributed by atoms with van der Waals surface area (Å²) in [4.78, 5) is 23.7. The quantitative estimate of drug-likeness (QED) is 0.694. The van der Waals surface area contributed by atoms with Gasteiger partial charge in [0.05, 0.1) is 18.5 Å². The van der Waals surface area contributed by atoms with E-state index in [1.807, 2.05) is 36.4 Å². The molecule has 2 aromatic carbocycles. The second kappa shape index (κ2) is 8.02. The molecule has 0 aliphatic carbocycles. The molecule has 0 radical (unpaired) electrons. The zero-order valence-corrected chi connectivity index (χ0v) is 14.2. The molecular weight excluding hydrogens is 332 g/mol. The number of tetrazole rings is 1. The molecular formula is C18H18N6O2. The predicted octanol–water partition coefficient (Wildman–Crippen LogP) is 1.13. The van der Waals surface area contributed by atoms with Crippen molar-refractivity contribution in [3.8, 4) is 5.69 Å². The molecule has 0 saturated heterocycles. The smallest absolute Gasteiger partial charge is 0.228 e. The highest BCUT2D eigenvalue weighted by atomic mass is 16.2. The highest BCUT2D eigenvalue weighted by molar-refractivity contribution is 5.92. The molecule has 1 heterocycles. The molecule has 132 valence electrons. The summed E-state index contributed by atoms with van der Waals surface area (Å²) in [5, 5.41) is 16.4. The molecule has 0 aliphatic heterocycles. The Morgan fingerprint density at radius 3 is 2.46 bits per heavy atom. The first-order valence-electron chi connectivity index (χ1n) is 8.06. The predicted molar refractivity (Wildman–Crippen MR) is 95.7 cm³/mol. The molecule has 3 rings (SSSR count). The van der Waals surface area contributed by atoms with Gasteiger partial charge in [0.1, 0.15) is 6.33 Å². The first-order chi connectivity index (χ1) is 12.6. The average molecular weight is 350 g/mol. The maximum absolute atomic E-state index is 12.3. The number of hydrogen-bond donors (Lipinski definition) is 2. The fraction of sp³-hybridized carbons (Fsp3) is 0.167. The summed E-state index contributed by atoms with van der Waals surface area (Å²) in [5.74, 6) is -0.201. The minimum absolute atomic E-state index is 0.0730. The molecule has 0 unspecified atom stereocenters. The lowest BCUT2D eigenvalue weighted by Crippen LogP contribution is -2.20. The van der Waals surface area contributed by atoms with Crippen LogP contribution in [0.25, 0.3) is 5.69 Å². The van der Waals surface area contributed by atoms with Gasteiger partial charge in [0.2, 0.25) is 11.8 Å². The molecule has 2 N–H and O–H groups in total. The van der Waals surface area contributed by atoms with Gasteiger partial charge in [0.25, 0.3) is 0 Å². The summed E-state index contributed by atoms with van der Waals surface area (Å²) in [6.45, 7) is 0. The second-order valence-corrected chi connectivity index (χ2v) is 5.70. The summed E-state index contributed by atoms with van der Waals surface area (Å²) in [5.41, 5.74) is 3.21. The molecule has 3 aromatic rings. The summed E-state index contributed by atoms with van der Waals surface area (Å²) in [7, 11) is 1.60. The van der Waals surface area contributed by atoms with Gasteiger partial charge in [0.15, 0.2) is 0 Å². The van der Waals surface area contributed by atoms with Crippen LogP contribution in [0.1, 0.15) is 11.1 Å². The Kier molecular flexibility index (Phi) is 5.33. The lowest BCUT2D eigenvalue weighted by molar-refractivity contribution is -0.120. The fourth-order valence-electron chi connectivity index (χ4n) is 2.47. The van der Waals surface area contributed by atoms with Crippen LogP contribution in [0.15, 0.2) is 54.9 Å². The number of nitrogens with zero attached hydrogens (tertiary/aromatic N) is 4. The number of carbonyl (C=O) groups is 2. The monoisotopic (exact) mass is 350 g/mol. The Morgan fingerprint density at radius 1 is 1.00 bits per heavy atom. The highest BCUT2D eigenvalue weighted by Crippen LogP contribution is 2.13. The molecule has 0 bridgehead atoms. The van der Waals surface area contributed by atoms with Crippen LogP contribution in [0, 0.1) is 0 Å². The first-order valence-corrected chi connectivity index (χ1v) is 8.06. The van der Waals surface area contributed by atoms with Crippen LogP contribution in [-0.2, 0) is 22.4 Å². The molecule has 2 amide bonds. The summed E-state index contributed by atoms with van der Waals surface area (Å²) in [6, 6.07) is 14.7. The summed E-state index contributed by atoms with van der Waals surface area (Å²) in [6.07, 6.45) is 2.03. The van der Waals surface area contributed by atoms with E-state index in [1.54, 1.807) is 23.9 Å². The third-order valence-electron chi connectivity index (χ3n) is 3.77. The van der Waals surface area contributed by atoms with Gasteiger partial charge in [-0.2, -0.15) is 0 Å². The number of hydrogen-bond acceptors (Lipinski definition) is 5. The Labute approximate surface area is 150 Å². The van der Waals surface area contributed by atoms with E-state index >= 15 is 0 Å². The van der Waals surface area contributed by atoms with Crippen molar-refractivity contribution in [2.24, 2.45) is 0 Å². The normalized spacial score (nSPS) is 10.3. The minimum Gasteiger partial charge on any atom is -0.359 e. The Morgan fingerprint density at radius 2 is 1.77 bits per heavy atom. The molecule has 0 fully saturated rings. The largest absolute Gasteiger partial charge is 0.359 e. The van der Waals surface area contributed by atoms with Crippen molar-refractivity contribution in [2.75, 3.05) is 12.4 Å². The van der Waals surface area contributed by atoms with Gasteiger partial charge >= 0.3 is 0 Å². The van der Waals surface area contributed by atoms with Crippen LogP contribution in [0.5, 0.6) is 0 Å². The number of carbonyl (C=O) groups excluding carboxylic acids is 2. The SMILES string of the molecule is CNC(=O)Cc1cccc(NC(=O)Cc2ccc(-n3cnnn3)cc2)c1. The maximum atomic E-state index is 12.3. The van der Waals surface area contributed by atoms with E-state index in [0.29, 0.717) is 5.69 Å². The summed E-state index contributed by atoms with van der Waals surface area (Å²) < 4.78 is 1.54. The lowest BCUT2D eigenvalue weighted by atomic mass is 10.1. The van der Waals surface area contributed by atoms with Crippen molar-refractivity contribution in [1.82, 2.24) is 25.5 Å². The van der Waals surface area contributed by atoms with E-state index in [2.05, 4.69) is 26.2 Å². The van der Waals surface area contributed by atoms with Crippen molar-refractivity contribution in [3.05, 3.63) is 66.0 Å². The third-order valence-corrected chi connectivity index (χ3v) is 3.77. The number of rotatable bonds is 6. The van der Waals surface area contributed by atoms with E-state index in [9.17, 15) is 9.59 Å². The van der Waals surface area contributed by atoms with E-state index in [1.165, 1.54) is 6.33 Å². The number of anilines is 1. The van der Waals surface area contributed by atoms with Crippen molar-refractivity contribution in [1.29, 1.82) is 0 Å². The molecule has 26 heavy (non-hydrogen) atoms. The molecule has 0 atom stereocenters. The van der Waals surface area contributed by atoms with Crippen LogP contribution in [-0.4, -0.2) is 39.1 Å². The van der Waals surface area contributed by atoms with E-state index in [-0.39, 0.29) is 24.7 Å². The molecule has 8 nitrogen and oxygen atoms in total. The first kappa shape index (κ1) is 17.3. The Bertz CT molecular complexity index is 890. The van der Waals surface area contributed by atoms with E-state index in [4.69, 9.17) is 0 Å². The Balaban J connectivity index is 1.60. The van der Waals surface area contributed by atoms with Gasteiger partial charge in [-0.15, -0.1) is 5.10 Å². The van der Waals surface area contributed by atoms with Gasteiger partial charge in [-0.1, -0.05) is 24.3 Å². The van der Waals surface area contributed by atoms with Crippen molar-refractivity contribution in [3.63, 3.8) is 0 Å². The molecule has 0 saturated carbocycles. The average Bonchev–Trinajstić information content (AvgIpc) is 3.17. The zero-order valence-electron chi connectivity index (χ0n) is 14.2. The number of amides is 2. The van der Waals surface area contributed by atoms with Crippen LogP contribution in [0.3, 0.4) is 0 Å². The van der Waals surface area contributed by atoms with Gasteiger partial charge in [-0.25, -0.2) is 4.68 Å². The van der Waals surface area contributed by atoms with Gasteiger partial charge in [-0.05, 0) is 45.8 Å². The van der Waals surface area contributed by atoms with Crippen molar-refractivity contribution >= 4 is 17.5 Å². The van der Waals surface area contributed by atoms with E-state index < -0.39 is 0 Å². The van der Waals surface area contributed by atoms with E-state index in [0.717, 1.165) is 16.8 Å². The van der Waals surface area contributed by atoms with Crippen LogP contribution >= 0.6 is 0 Å². The molecule has 0 aliphatic rings. The van der Waals surface area contributed by atoms with Crippen LogP contribution < -0.4 is 10.6 Å². The minimum atomic E-state index is -0.128. The second-order valence-electron chi connectivity index (χ2n) is 5.70. The number of aromatic nitrogens is 4. The number of likely N-dealkylation sites (N-methyl/N-ethyl adjacent to an activating group) is 1.